The summed E-state index contributed by atoms with van der Waals surface area (Å²) in [7, 11) is 6.16. The summed E-state index contributed by atoms with van der Waals surface area (Å²) in [5.74, 6) is 1.89. The molecule has 8 heteroatoms. The summed E-state index contributed by atoms with van der Waals surface area (Å²) in [5.41, 5.74) is 3.90. The van der Waals surface area contributed by atoms with Crippen molar-refractivity contribution < 1.29 is 29.2 Å². The molecule has 0 aliphatic rings. The second-order valence-electron chi connectivity index (χ2n) is 8.14. The quantitative estimate of drug-likeness (QED) is 0.162. The highest BCUT2D eigenvalue weighted by molar-refractivity contribution is 5.84. The number of aliphatic hydroxyl groups excluding tert-OH is 1. The van der Waals surface area contributed by atoms with Gasteiger partial charge in [0, 0.05) is 40.0 Å². The molecular formula is C29H30N2O6. The fraction of sp³-hybridized carbons (Fsp3) is 0.172. The lowest BCUT2D eigenvalue weighted by molar-refractivity contribution is 0.230. The van der Waals surface area contributed by atoms with Gasteiger partial charge in [0.05, 0.1) is 28.4 Å². The van der Waals surface area contributed by atoms with Gasteiger partial charge < -0.3 is 39.5 Å². The van der Waals surface area contributed by atoms with E-state index in [1.165, 1.54) is 7.11 Å². The molecule has 0 fully saturated rings. The maximum absolute atomic E-state index is 10.7. The fourth-order valence-corrected chi connectivity index (χ4v) is 4.07. The number of aliphatic hydroxyl groups is 1. The standard InChI is InChI=1S/C29H30N2O6/c1-34-26-16-23(30-12-11-24(32)21-17-31-22-8-6-5-7-20(21)22)19(15-25(26)33)10-9-18-13-27(35-2)29(37-4)28(14-18)36-3/h5-17,24,30-33H,1-4H3/b10-9-,12-11-. The molecule has 0 spiro atoms. The number of hydrogen-bond donors (Lipinski definition) is 4. The molecule has 192 valence electrons. The highest BCUT2D eigenvalue weighted by Gasteiger charge is 2.13. The summed E-state index contributed by atoms with van der Waals surface area (Å²) in [6, 6.07) is 14.7. The van der Waals surface area contributed by atoms with Crippen molar-refractivity contribution in [2.45, 2.75) is 6.10 Å². The van der Waals surface area contributed by atoms with Gasteiger partial charge in [-0.25, -0.2) is 0 Å². The van der Waals surface area contributed by atoms with E-state index in [9.17, 15) is 10.2 Å². The number of anilines is 1. The zero-order chi connectivity index (χ0) is 26.4. The number of rotatable bonds is 10. The largest absolute Gasteiger partial charge is 0.504 e. The second-order valence-corrected chi connectivity index (χ2v) is 8.14. The Morgan fingerprint density at radius 2 is 1.57 bits per heavy atom. The minimum atomic E-state index is -0.819. The lowest BCUT2D eigenvalue weighted by atomic mass is 10.1. The minimum absolute atomic E-state index is 0.000369. The third kappa shape index (κ3) is 5.49. The predicted molar refractivity (Wildman–Crippen MR) is 146 cm³/mol. The number of fused-ring (bicyclic) bond motifs is 1. The Labute approximate surface area is 215 Å². The topological polar surface area (TPSA) is 105 Å². The van der Waals surface area contributed by atoms with Crippen molar-refractivity contribution in [1.29, 1.82) is 0 Å². The monoisotopic (exact) mass is 502 g/mol. The molecule has 0 amide bonds. The maximum atomic E-state index is 10.7. The normalized spacial score (nSPS) is 12.2. The van der Waals surface area contributed by atoms with Crippen LogP contribution in [0.2, 0.25) is 0 Å². The van der Waals surface area contributed by atoms with Gasteiger partial charge in [-0.3, -0.25) is 0 Å². The van der Waals surface area contributed by atoms with E-state index in [1.807, 2.05) is 48.6 Å². The Morgan fingerprint density at radius 3 is 2.24 bits per heavy atom. The van der Waals surface area contributed by atoms with Crippen molar-refractivity contribution in [3.63, 3.8) is 0 Å². The number of phenolic OH excluding ortho intramolecular Hbond substituents is 1. The van der Waals surface area contributed by atoms with E-state index in [0.717, 1.165) is 22.0 Å². The zero-order valence-electron chi connectivity index (χ0n) is 21.1. The molecule has 4 rings (SSSR count). The molecule has 1 heterocycles. The Hall–Kier alpha value is -4.56. The lowest BCUT2D eigenvalue weighted by Gasteiger charge is -2.13. The van der Waals surface area contributed by atoms with Crippen molar-refractivity contribution in [2.24, 2.45) is 0 Å². The number of ether oxygens (including phenoxy) is 4. The third-order valence-electron chi connectivity index (χ3n) is 5.95. The van der Waals surface area contributed by atoms with Crippen molar-refractivity contribution >= 4 is 28.7 Å². The van der Waals surface area contributed by atoms with E-state index >= 15 is 0 Å². The Morgan fingerprint density at radius 1 is 0.865 bits per heavy atom. The molecule has 0 aliphatic carbocycles. The Kier molecular flexibility index (Phi) is 7.90. The van der Waals surface area contributed by atoms with Crippen LogP contribution in [0.25, 0.3) is 23.1 Å². The summed E-state index contributed by atoms with van der Waals surface area (Å²) in [6.07, 6.45) is 8.00. The van der Waals surface area contributed by atoms with Crippen LogP contribution in [0.1, 0.15) is 22.8 Å². The molecule has 0 radical (unpaired) electrons. The lowest BCUT2D eigenvalue weighted by Crippen LogP contribution is -1.97. The molecule has 4 N–H and O–H groups in total. The number of methoxy groups -OCH3 is 4. The van der Waals surface area contributed by atoms with Crippen LogP contribution < -0.4 is 24.3 Å². The zero-order valence-corrected chi connectivity index (χ0v) is 21.1. The van der Waals surface area contributed by atoms with Crippen LogP contribution in [0, 0.1) is 0 Å². The van der Waals surface area contributed by atoms with Gasteiger partial charge in [0.15, 0.2) is 23.0 Å². The van der Waals surface area contributed by atoms with Gasteiger partial charge in [-0.2, -0.15) is 0 Å². The number of phenols is 1. The van der Waals surface area contributed by atoms with Crippen LogP contribution in [0.3, 0.4) is 0 Å². The van der Waals surface area contributed by atoms with Gasteiger partial charge in [-0.1, -0.05) is 30.4 Å². The molecule has 0 aliphatic heterocycles. The number of aromatic amines is 1. The molecule has 1 atom stereocenters. The van der Waals surface area contributed by atoms with Gasteiger partial charge in [-0.05, 0) is 42.1 Å². The summed E-state index contributed by atoms with van der Waals surface area (Å²) >= 11 is 0. The van der Waals surface area contributed by atoms with Gasteiger partial charge in [0.2, 0.25) is 5.75 Å². The van der Waals surface area contributed by atoms with E-state index in [-0.39, 0.29) is 5.75 Å². The molecule has 1 aromatic heterocycles. The molecule has 0 saturated heterocycles. The van der Waals surface area contributed by atoms with Gasteiger partial charge >= 0.3 is 0 Å². The van der Waals surface area contributed by atoms with Crippen LogP contribution in [0.5, 0.6) is 28.7 Å². The summed E-state index contributed by atoms with van der Waals surface area (Å²) in [5, 5.41) is 25.3. The summed E-state index contributed by atoms with van der Waals surface area (Å²) in [4.78, 5) is 3.17. The Balaban J connectivity index is 1.61. The molecule has 8 nitrogen and oxygen atoms in total. The van der Waals surface area contributed by atoms with Gasteiger partial charge in [0.1, 0.15) is 6.10 Å². The maximum Gasteiger partial charge on any atom is 0.203 e. The van der Waals surface area contributed by atoms with Crippen LogP contribution in [0.4, 0.5) is 5.69 Å². The molecule has 0 bridgehead atoms. The first kappa shape index (κ1) is 25.5. The predicted octanol–water partition coefficient (Wildman–Crippen LogP) is 5.74. The molecule has 4 aromatic rings. The highest BCUT2D eigenvalue weighted by atomic mass is 16.5. The highest BCUT2D eigenvalue weighted by Crippen LogP contribution is 2.39. The first-order valence-corrected chi connectivity index (χ1v) is 11.6. The second kappa shape index (κ2) is 11.5. The fourth-order valence-electron chi connectivity index (χ4n) is 4.07. The first-order chi connectivity index (χ1) is 18.0. The molecule has 3 aromatic carbocycles. The number of hydrogen-bond acceptors (Lipinski definition) is 7. The number of nitrogens with one attached hydrogen (secondary N) is 2. The van der Waals surface area contributed by atoms with E-state index in [2.05, 4.69) is 10.3 Å². The number of H-pyrrole nitrogens is 1. The minimum Gasteiger partial charge on any atom is -0.504 e. The van der Waals surface area contributed by atoms with E-state index in [4.69, 9.17) is 18.9 Å². The molecule has 37 heavy (non-hydrogen) atoms. The smallest absolute Gasteiger partial charge is 0.203 e. The number of aromatic nitrogens is 1. The average molecular weight is 503 g/mol. The van der Waals surface area contributed by atoms with Crippen molar-refractivity contribution in [1.82, 2.24) is 4.98 Å². The van der Waals surface area contributed by atoms with Crippen LogP contribution in [0.15, 0.2) is 67.0 Å². The first-order valence-electron chi connectivity index (χ1n) is 11.6. The van der Waals surface area contributed by atoms with E-state index in [0.29, 0.717) is 34.2 Å². The van der Waals surface area contributed by atoms with Crippen LogP contribution >= 0.6 is 0 Å². The Bertz CT molecular complexity index is 1410. The van der Waals surface area contributed by atoms with Crippen LogP contribution in [-0.2, 0) is 0 Å². The summed E-state index contributed by atoms with van der Waals surface area (Å²) < 4.78 is 21.5. The van der Waals surface area contributed by atoms with Crippen molar-refractivity contribution in [2.75, 3.05) is 33.8 Å². The molecular weight excluding hydrogens is 472 g/mol. The van der Waals surface area contributed by atoms with E-state index < -0.39 is 6.10 Å². The number of aromatic hydroxyl groups is 1. The van der Waals surface area contributed by atoms with Gasteiger partial charge in [-0.15, -0.1) is 0 Å². The third-order valence-corrected chi connectivity index (χ3v) is 5.95. The van der Waals surface area contributed by atoms with Gasteiger partial charge in [0.25, 0.3) is 0 Å². The molecule has 0 saturated carbocycles. The van der Waals surface area contributed by atoms with Crippen molar-refractivity contribution in [3.05, 3.63) is 83.7 Å². The van der Waals surface area contributed by atoms with Crippen molar-refractivity contribution in [3.8, 4) is 28.7 Å². The SMILES string of the molecule is COc1cc(N/C=C\C(O)c2c[nH]c3ccccc23)c(/C=C\c2cc(OC)c(OC)c(OC)c2)cc1O. The summed E-state index contributed by atoms with van der Waals surface area (Å²) in [6.45, 7) is 0. The average Bonchev–Trinajstić information content (AvgIpc) is 3.36. The molecule has 1 unspecified atom stereocenters. The number of benzene rings is 3. The number of para-hydroxylation sites is 1. The van der Waals surface area contributed by atoms with Crippen LogP contribution in [-0.4, -0.2) is 43.6 Å². The van der Waals surface area contributed by atoms with E-state index in [1.54, 1.807) is 51.9 Å².